The molecule has 0 aliphatic rings. The summed E-state index contributed by atoms with van der Waals surface area (Å²) in [6.45, 7) is 4.35. The molecule has 0 heterocycles. The zero-order valence-corrected chi connectivity index (χ0v) is 8.34. The van der Waals surface area contributed by atoms with E-state index in [0.29, 0.717) is 18.9 Å². The molecule has 14 heavy (non-hydrogen) atoms. The molecule has 0 fully saturated rings. The van der Waals surface area contributed by atoms with Gasteiger partial charge in [0.1, 0.15) is 0 Å². The highest BCUT2D eigenvalue weighted by Gasteiger charge is 2.11. The number of hydrogen-bond acceptors (Lipinski definition) is 3. The smallest absolute Gasteiger partial charge is 0.206 e. The van der Waals surface area contributed by atoms with Crippen LogP contribution >= 0.6 is 0 Å². The normalized spacial score (nSPS) is 9.93. The lowest BCUT2D eigenvalue weighted by molar-refractivity contribution is 0.292. The minimum absolute atomic E-state index is 0.135. The summed E-state index contributed by atoms with van der Waals surface area (Å²) in [5, 5.41) is 0. The van der Waals surface area contributed by atoms with Crippen molar-refractivity contribution in [3.05, 3.63) is 17.9 Å². The molecule has 4 heteroatoms. The average molecular weight is 199 g/mol. The van der Waals surface area contributed by atoms with Crippen LogP contribution in [0.15, 0.2) is 12.1 Å². The number of rotatable bonds is 4. The maximum absolute atomic E-state index is 13.5. The third kappa shape index (κ3) is 2.28. The Kier molecular flexibility index (Phi) is 3.56. The molecule has 1 aromatic rings. The number of hydrogen-bond donors (Lipinski definition) is 1. The summed E-state index contributed by atoms with van der Waals surface area (Å²) in [7, 11) is 0. The molecule has 0 aliphatic heterocycles. The van der Waals surface area contributed by atoms with E-state index in [2.05, 4.69) is 0 Å². The molecule has 78 valence electrons. The standard InChI is InChI=1S/C10H14FNO2/c1-3-13-8-5-7(12)6-9(10(8)11)14-4-2/h5-6H,3-4,12H2,1-2H3. The second-order valence-electron chi connectivity index (χ2n) is 2.70. The van der Waals surface area contributed by atoms with Crippen molar-refractivity contribution in [1.29, 1.82) is 0 Å². The van der Waals surface area contributed by atoms with Crippen molar-refractivity contribution in [3.8, 4) is 11.5 Å². The van der Waals surface area contributed by atoms with Gasteiger partial charge in [0.15, 0.2) is 11.5 Å². The highest BCUT2D eigenvalue weighted by Crippen LogP contribution is 2.29. The van der Waals surface area contributed by atoms with Gasteiger partial charge in [0, 0.05) is 17.8 Å². The molecule has 0 atom stereocenters. The molecule has 0 radical (unpaired) electrons. The Hall–Kier alpha value is -1.45. The summed E-state index contributed by atoms with van der Waals surface area (Å²) in [5.74, 6) is -0.227. The number of halogens is 1. The largest absolute Gasteiger partial charge is 0.491 e. The Morgan fingerprint density at radius 3 is 1.93 bits per heavy atom. The van der Waals surface area contributed by atoms with Gasteiger partial charge in [-0.25, -0.2) is 0 Å². The molecule has 0 bridgehead atoms. The van der Waals surface area contributed by atoms with E-state index in [1.807, 2.05) is 0 Å². The van der Waals surface area contributed by atoms with Crippen LogP contribution in [0, 0.1) is 5.82 Å². The van der Waals surface area contributed by atoms with Crippen molar-refractivity contribution in [1.82, 2.24) is 0 Å². The Labute approximate surface area is 82.6 Å². The summed E-state index contributed by atoms with van der Waals surface area (Å²) in [4.78, 5) is 0. The van der Waals surface area contributed by atoms with E-state index in [1.54, 1.807) is 13.8 Å². The molecule has 1 aromatic carbocycles. The van der Waals surface area contributed by atoms with Crippen molar-refractivity contribution in [3.63, 3.8) is 0 Å². The summed E-state index contributed by atoms with van der Waals surface area (Å²) in [6, 6.07) is 2.89. The maximum atomic E-state index is 13.5. The van der Waals surface area contributed by atoms with E-state index in [0.717, 1.165) is 0 Å². The van der Waals surface area contributed by atoms with Gasteiger partial charge in [0.25, 0.3) is 0 Å². The lowest BCUT2D eigenvalue weighted by atomic mass is 10.2. The van der Waals surface area contributed by atoms with Crippen molar-refractivity contribution < 1.29 is 13.9 Å². The molecule has 2 N–H and O–H groups in total. The van der Waals surface area contributed by atoms with Crippen LogP contribution in [0.3, 0.4) is 0 Å². The Morgan fingerprint density at radius 1 is 1.14 bits per heavy atom. The van der Waals surface area contributed by atoms with Gasteiger partial charge in [-0.3, -0.25) is 0 Å². The lowest BCUT2D eigenvalue weighted by Crippen LogP contribution is -2.01. The zero-order chi connectivity index (χ0) is 10.6. The minimum Gasteiger partial charge on any atom is -0.491 e. The average Bonchev–Trinajstić information content (AvgIpc) is 2.14. The third-order valence-electron chi connectivity index (χ3n) is 1.63. The van der Waals surface area contributed by atoms with Crippen LogP contribution in [0.1, 0.15) is 13.8 Å². The van der Waals surface area contributed by atoms with Crippen molar-refractivity contribution >= 4 is 5.69 Å². The van der Waals surface area contributed by atoms with Gasteiger partial charge in [0.2, 0.25) is 5.82 Å². The Morgan fingerprint density at radius 2 is 1.57 bits per heavy atom. The predicted molar refractivity (Wildman–Crippen MR) is 53.2 cm³/mol. The molecule has 3 nitrogen and oxygen atoms in total. The second kappa shape index (κ2) is 4.69. The van der Waals surface area contributed by atoms with E-state index in [1.165, 1.54) is 12.1 Å². The van der Waals surface area contributed by atoms with Crippen LogP contribution < -0.4 is 15.2 Å². The molecule has 0 unspecified atom stereocenters. The lowest BCUT2D eigenvalue weighted by Gasteiger charge is -2.10. The highest BCUT2D eigenvalue weighted by molar-refractivity contribution is 5.51. The van der Waals surface area contributed by atoms with E-state index in [-0.39, 0.29) is 11.5 Å². The van der Waals surface area contributed by atoms with Crippen LogP contribution in [0.4, 0.5) is 10.1 Å². The van der Waals surface area contributed by atoms with Gasteiger partial charge in [-0.2, -0.15) is 4.39 Å². The summed E-state index contributed by atoms with van der Waals surface area (Å²) < 4.78 is 23.7. The van der Waals surface area contributed by atoms with Gasteiger partial charge in [-0.1, -0.05) is 0 Å². The van der Waals surface area contributed by atoms with Gasteiger partial charge >= 0.3 is 0 Å². The summed E-state index contributed by atoms with van der Waals surface area (Å²) in [5.41, 5.74) is 5.99. The van der Waals surface area contributed by atoms with E-state index >= 15 is 0 Å². The Balaban J connectivity index is 3.04. The van der Waals surface area contributed by atoms with Crippen molar-refractivity contribution in [2.45, 2.75) is 13.8 Å². The molecule has 1 rings (SSSR count). The first kappa shape index (κ1) is 10.6. The second-order valence-corrected chi connectivity index (χ2v) is 2.70. The molecule has 0 aromatic heterocycles. The Bertz CT molecular complexity index is 288. The predicted octanol–water partition coefficient (Wildman–Crippen LogP) is 2.21. The van der Waals surface area contributed by atoms with E-state index < -0.39 is 5.82 Å². The van der Waals surface area contributed by atoms with Crippen LogP contribution in [-0.4, -0.2) is 13.2 Å². The fraction of sp³-hybridized carbons (Fsp3) is 0.400. The monoisotopic (exact) mass is 199 g/mol. The highest BCUT2D eigenvalue weighted by atomic mass is 19.1. The number of nitrogens with two attached hydrogens (primary N) is 1. The van der Waals surface area contributed by atoms with Gasteiger partial charge < -0.3 is 15.2 Å². The van der Waals surface area contributed by atoms with Gasteiger partial charge in [-0.05, 0) is 13.8 Å². The number of ether oxygens (including phenoxy) is 2. The number of benzene rings is 1. The molecule has 0 saturated heterocycles. The van der Waals surface area contributed by atoms with Crippen molar-refractivity contribution in [2.24, 2.45) is 0 Å². The molecule has 0 amide bonds. The first-order chi connectivity index (χ1) is 6.69. The summed E-state index contributed by atoms with van der Waals surface area (Å²) >= 11 is 0. The van der Waals surface area contributed by atoms with Crippen LogP contribution in [0.25, 0.3) is 0 Å². The van der Waals surface area contributed by atoms with Crippen LogP contribution in [-0.2, 0) is 0 Å². The van der Waals surface area contributed by atoms with Crippen molar-refractivity contribution in [2.75, 3.05) is 18.9 Å². The van der Waals surface area contributed by atoms with Crippen LogP contribution in [0.2, 0.25) is 0 Å². The van der Waals surface area contributed by atoms with E-state index in [4.69, 9.17) is 15.2 Å². The van der Waals surface area contributed by atoms with Crippen LogP contribution in [0.5, 0.6) is 11.5 Å². The molecule has 0 aliphatic carbocycles. The van der Waals surface area contributed by atoms with E-state index in [9.17, 15) is 4.39 Å². The SMILES string of the molecule is CCOc1cc(N)cc(OCC)c1F. The topological polar surface area (TPSA) is 44.5 Å². The fourth-order valence-electron chi connectivity index (χ4n) is 1.11. The quantitative estimate of drug-likeness (QED) is 0.756. The summed E-state index contributed by atoms with van der Waals surface area (Å²) in [6.07, 6.45) is 0. The fourth-order valence-corrected chi connectivity index (χ4v) is 1.11. The first-order valence-corrected chi connectivity index (χ1v) is 4.53. The molecular weight excluding hydrogens is 185 g/mol. The first-order valence-electron chi connectivity index (χ1n) is 4.53. The zero-order valence-electron chi connectivity index (χ0n) is 8.34. The maximum Gasteiger partial charge on any atom is 0.206 e. The number of anilines is 1. The number of nitrogen functional groups attached to an aromatic ring is 1. The van der Waals surface area contributed by atoms with Gasteiger partial charge in [0.05, 0.1) is 13.2 Å². The molecule has 0 saturated carbocycles. The van der Waals surface area contributed by atoms with Gasteiger partial charge in [-0.15, -0.1) is 0 Å². The third-order valence-corrected chi connectivity index (χ3v) is 1.63. The minimum atomic E-state index is -0.497. The molecule has 0 spiro atoms. The molecular formula is C10H14FNO2.